The van der Waals surface area contributed by atoms with E-state index in [1.54, 1.807) is 6.20 Å². The fourth-order valence-corrected chi connectivity index (χ4v) is 3.15. The Balaban J connectivity index is 1.56. The number of aromatic nitrogens is 2. The molecule has 3 heterocycles. The molecule has 0 amide bonds. The van der Waals surface area contributed by atoms with Gasteiger partial charge in [-0.15, -0.1) is 10.2 Å². The van der Waals surface area contributed by atoms with Crippen LogP contribution in [0.2, 0.25) is 0 Å². The Morgan fingerprint density at radius 2 is 1.83 bits per heavy atom. The van der Waals surface area contributed by atoms with E-state index < -0.39 is 0 Å². The average molecular weight is 318 g/mol. The van der Waals surface area contributed by atoms with Gasteiger partial charge < -0.3 is 4.98 Å². The van der Waals surface area contributed by atoms with Crippen LogP contribution >= 0.6 is 0 Å². The summed E-state index contributed by atoms with van der Waals surface area (Å²) in [5.74, 6) is 0. The first-order valence-electron chi connectivity index (χ1n) is 8.22. The van der Waals surface area contributed by atoms with Gasteiger partial charge in [0.1, 0.15) is 0 Å². The van der Waals surface area contributed by atoms with Gasteiger partial charge in [0.15, 0.2) is 6.17 Å². The molecule has 3 aromatic rings. The van der Waals surface area contributed by atoms with E-state index in [-0.39, 0.29) is 6.17 Å². The molecule has 0 atom stereocenters. The van der Waals surface area contributed by atoms with E-state index in [4.69, 9.17) is 0 Å². The molecule has 2 aromatic heterocycles. The van der Waals surface area contributed by atoms with Crippen molar-refractivity contribution >= 4 is 10.9 Å². The van der Waals surface area contributed by atoms with Crippen molar-refractivity contribution in [1.29, 1.82) is 0 Å². The first kappa shape index (κ1) is 14.7. The van der Waals surface area contributed by atoms with Crippen molar-refractivity contribution < 1.29 is 0 Å². The highest BCUT2D eigenvalue weighted by atomic mass is 15.6. The average Bonchev–Trinajstić information content (AvgIpc) is 3.27. The molecule has 0 spiro atoms. The van der Waals surface area contributed by atoms with E-state index in [0.717, 1.165) is 31.2 Å². The highest BCUT2D eigenvalue weighted by Crippen LogP contribution is 2.31. The highest BCUT2D eigenvalue weighted by molar-refractivity contribution is 5.90. The fourth-order valence-electron chi connectivity index (χ4n) is 3.15. The summed E-state index contributed by atoms with van der Waals surface area (Å²) >= 11 is 0. The van der Waals surface area contributed by atoms with Gasteiger partial charge >= 0.3 is 0 Å². The van der Waals surface area contributed by atoms with Crippen LogP contribution in [0.15, 0.2) is 69.5 Å². The number of benzene rings is 1. The van der Waals surface area contributed by atoms with Crippen molar-refractivity contribution in [2.45, 2.75) is 31.8 Å². The van der Waals surface area contributed by atoms with Crippen molar-refractivity contribution in [1.82, 2.24) is 9.97 Å². The minimum absolute atomic E-state index is 0.0780. The number of aryl methyl sites for hydroxylation is 1. The zero-order valence-electron chi connectivity index (χ0n) is 13.3. The number of rotatable bonds is 6. The van der Waals surface area contributed by atoms with E-state index in [9.17, 15) is 0 Å². The van der Waals surface area contributed by atoms with Gasteiger partial charge in [-0.05, 0) is 59.9 Å². The third-order valence-electron chi connectivity index (χ3n) is 4.31. The highest BCUT2D eigenvalue weighted by Gasteiger charge is 2.14. The van der Waals surface area contributed by atoms with E-state index >= 15 is 0 Å². The van der Waals surface area contributed by atoms with Crippen LogP contribution in [-0.2, 0) is 6.42 Å². The summed E-state index contributed by atoms with van der Waals surface area (Å²) in [5, 5.41) is 16.3. The third kappa shape index (κ3) is 2.95. The van der Waals surface area contributed by atoms with Crippen molar-refractivity contribution in [3.05, 3.63) is 54.4 Å². The molecule has 0 aliphatic carbocycles. The van der Waals surface area contributed by atoms with E-state index in [2.05, 4.69) is 61.0 Å². The molecule has 4 rings (SSSR count). The van der Waals surface area contributed by atoms with Crippen LogP contribution in [0, 0.1) is 0 Å². The molecular formula is C18H18N6. The van der Waals surface area contributed by atoms with Crippen molar-refractivity contribution in [2.75, 3.05) is 0 Å². The molecule has 0 saturated carbocycles. The summed E-state index contributed by atoms with van der Waals surface area (Å²) < 4.78 is 0. The molecule has 1 aliphatic rings. The number of fused-ring (bicyclic) bond motifs is 1. The van der Waals surface area contributed by atoms with Crippen molar-refractivity contribution in [3.8, 4) is 11.3 Å². The number of para-hydroxylation sites is 1. The van der Waals surface area contributed by atoms with Gasteiger partial charge in [0, 0.05) is 28.9 Å². The number of aromatic amines is 1. The molecule has 0 radical (unpaired) electrons. The maximum atomic E-state index is 4.26. The van der Waals surface area contributed by atoms with Gasteiger partial charge in [0.05, 0.1) is 5.69 Å². The number of nitrogens with zero attached hydrogens (tertiary/aromatic N) is 5. The zero-order valence-corrected chi connectivity index (χ0v) is 13.3. The van der Waals surface area contributed by atoms with Gasteiger partial charge in [-0.3, -0.25) is 4.98 Å². The summed E-state index contributed by atoms with van der Waals surface area (Å²) in [7, 11) is 0. The normalized spacial score (nSPS) is 14.0. The summed E-state index contributed by atoms with van der Waals surface area (Å²) in [6.07, 6.45) is 7.67. The second kappa shape index (κ2) is 6.70. The van der Waals surface area contributed by atoms with E-state index in [1.165, 1.54) is 22.2 Å². The van der Waals surface area contributed by atoms with Crippen molar-refractivity contribution in [3.63, 3.8) is 0 Å². The summed E-state index contributed by atoms with van der Waals surface area (Å²) in [4.78, 5) is 7.81. The quantitative estimate of drug-likeness (QED) is 0.630. The molecule has 0 bridgehead atoms. The standard InChI is InChI=1S/C18H18N6/c1-3-9-16-14(7-1)15(8-2-4-10-17-21-23-24-22-17)18(20-16)13-6-5-11-19-12-13/h1,3,5-7,9,11-12,17,20H,2,4,8,10H2. The summed E-state index contributed by atoms with van der Waals surface area (Å²) in [6, 6.07) is 12.5. The second-order valence-corrected chi connectivity index (χ2v) is 5.90. The fraction of sp³-hybridized carbons (Fsp3) is 0.278. The topological polar surface area (TPSA) is 78.1 Å². The lowest BCUT2D eigenvalue weighted by Gasteiger charge is -2.06. The Labute approximate surface area is 139 Å². The third-order valence-corrected chi connectivity index (χ3v) is 4.31. The number of nitrogens with one attached hydrogen (secondary N) is 1. The SMILES string of the molecule is c1cncc(-c2[nH]c3ccccc3c2CCCCC2N=NN=N2)c1. The number of hydrogen-bond acceptors (Lipinski definition) is 5. The van der Waals surface area contributed by atoms with Gasteiger partial charge in [-0.1, -0.05) is 18.2 Å². The Bertz CT molecular complexity index is 869. The lowest BCUT2D eigenvalue weighted by Crippen LogP contribution is -1.97. The molecule has 6 nitrogen and oxygen atoms in total. The minimum Gasteiger partial charge on any atom is -0.354 e. The molecule has 0 fully saturated rings. The van der Waals surface area contributed by atoms with Crippen LogP contribution in [0.5, 0.6) is 0 Å². The molecule has 0 saturated heterocycles. The van der Waals surface area contributed by atoms with Gasteiger partial charge in [-0.25, -0.2) is 0 Å². The Kier molecular flexibility index (Phi) is 4.10. The smallest absolute Gasteiger partial charge is 0.185 e. The molecule has 24 heavy (non-hydrogen) atoms. The van der Waals surface area contributed by atoms with Gasteiger partial charge in [0.2, 0.25) is 0 Å². The van der Waals surface area contributed by atoms with Crippen LogP contribution in [0.25, 0.3) is 22.2 Å². The second-order valence-electron chi connectivity index (χ2n) is 5.90. The zero-order chi connectivity index (χ0) is 16.2. The number of pyridine rings is 1. The van der Waals surface area contributed by atoms with Crippen LogP contribution in [0.4, 0.5) is 0 Å². The van der Waals surface area contributed by atoms with E-state index in [0.29, 0.717) is 0 Å². The lowest BCUT2D eigenvalue weighted by molar-refractivity contribution is 0.579. The van der Waals surface area contributed by atoms with E-state index in [1.807, 2.05) is 12.3 Å². The van der Waals surface area contributed by atoms with Crippen molar-refractivity contribution in [2.24, 2.45) is 20.7 Å². The summed E-state index contributed by atoms with van der Waals surface area (Å²) in [5.41, 5.74) is 4.82. The van der Waals surface area contributed by atoms with Crippen LogP contribution in [0.3, 0.4) is 0 Å². The van der Waals surface area contributed by atoms with Crippen LogP contribution < -0.4 is 0 Å². The maximum Gasteiger partial charge on any atom is 0.185 e. The molecular weight excluding hydrogens is 300 g/mol. The predicted molar refractivity (Wildman–Crippen MR) is 92.6 cm³/mol. The van der Waals surface area contributed by atoms with Gasteiger partial charge in [0.25, 0.3) is 0 Å². The Morgan fingerprint density at radius 3 is 2.67 bits per heavy atom. The Hall–Kier alpha value is -2.89. The number of H-pyrrole nitrogens is 1. The largest absolute Gasteiger partial charge is 0.354 e. The van der Waals surface area contributed by atoms with Gasteiger partial charge in [-0.2, -0.15) is 0 Å². The van der Waals surface area contributed by atoms with Crippen LogP contribution in [-0.4, -0.2) is 16.1 Å². The lowest BCUT2D eigenvalue weighted by atomic mass is 10.0. The molecule has 1 aromatic carbocycles. The molecule has 120 valence electrons. The monoisotopic (exact) mass is 318 g/mol. The molecule has 1 N–H and O–H groups in total. The Morgan fingerprint density at radius 1 is 0.958 bits per heavy atom. The first-order valence-corrected chi connectivity index (χ1v) is 8.22. The number of unbranched alkanes of at least 4 members (excludes halogenated alkanes) is 1. The maximum absolute atomic E-state index is 4.26. The minimum atomic E-state index is -0.0780. The summed E-state index contributed by atoms with van der Waals surface area (Å²) in [6.45, 7) is 0. The number of hydrogen-bond donors (Lipinski definition) is 1. The molecule has 6 heteroatoms. The molecule has 1 aliphatic heterocycles. The predicted octanol–water partition coefficient (Wildman–Crippen LogP) is 5.10. The van der Waals surface area contributed by atoms with Crippen LogP contribution in [0.1, 0.15) is 24.8 Å². The first-order chi connectivity index (χ1) is 11.9. The molecule has 0 unspecified atom stereocenters.